The molecule has 1 atom stereocenters. The molecule has 0 bridgehead atoms. The molecule has 1 heterocycles. The van der Waals surface area contributed by atoms with Crippen LogP contribution in [0.5, 0.6) is 5.75 Å². The number of benzene rings is 1. The van der Waals surface area contributed by atoms with Gasteiger partial charge in [0.1, 0.15) is 11.9 Å². The standard InChI is InChI=1S/C14H15NO2/c1-10-5-6-12(17-2)8-13(10)14(16)11-4-3-7-15-9-11/h3-9,14,16H,1-2H3. The van der Waals surface area contributed by atoms with Gasteiger partial charge in [-0.3, -0.25) is 4.98 Å². The Kier molecular flexibility index (Phi) is 3.40. The second kappa shape index (κ2) is 4.97. The van der Waals surface area contributed by atoms with E-state index in [2.05, 4.69) is 4.98 Å². The summed E-state index contributed by atoms with van der Waals surface area (Å²) in [6, 6.07) is 9.35. The second-order valence-electron chi connectivity index (χ2n) is 3.91. The average molecular weight is 229 g/mol. The third kappa shape index (κ3) is 2.45. The first-order chi connectivity index (χ1) is 8.22. The van der Waals surface area contributed by atoms with E-state index in [4.69, 9.17) is 4.74 Å². The summed E-state index contributed by atoms with van der Waals surface area (Å²) in [6.07, 6.45) is 2.69. The van der Waals surface area contributed by atoms with Crippen molar-refractivity contribution in [1.29, 1.82) is 0 Å². The van der Waals surface area contributed by atoms with Crippen molar-refractivity contribution in [3.63, 3.8) is 0 Å². The SMILES string of the molecule is COc1ccc(C)c(C(O)c2cccnc2)c1. The molecule has 3 heteroatoms. The quantitative estimate of drug-likeness (QED) is 0.879. The molecule has 0 spiro atoms. The van der Waals surface area contributed by atoms with E-state index < -0.39 is 6.10 Å². The topological polar surface area (TPSA) is 42.4 Å². The van der Waals surface area contributed by atoms with E-state index in [-0.39, 0.29) is 0 Å². The van der Waals surface area contributed by atoms with Gasteiger partial charge in [-0.15, -0.1) is 0 Å². The number of hydrogen-bond donors (Lipinski definition) is 1. The lowest BCUT2D eigenvalue weighted by atomic mass is 9.98. The van der Waals surface area contributed by atoms with E-state index in [0.717, 1.165) is 22.4 Å². The summed E-state index contributed by atoms with van der Waals surface area (Å²) in [4.78, 5) is 4.01. The van der Waals surface area contributed by atoms with Crippen molar-refractivity contribution in [2.24, 2.45) is 0 Å². The largest absolute Gasteiger partial charge is 0.497 e. The van der Waals surface area contributed by atoms with Gasteiger partial charge in [-0.05, 0) is 36.2 Å². The number of hydrogen-bond acceptors (Lipinski definition) is 3. The number of nitrogens with zero attached hydrogens (tertiary/aromatic N) is 1. The third-order valence-corrected chi connectivity index (χ3v) is 2.78. The summed E-state index contributed by atoms with van der Waals surface area (Å²) < 4.78 is 5.17. The van der Waals surface area contributed by atoms with Crippen molar-refractivity contribution in [2.75, 3.05) is 7.11 Å². The number of aliphatic hydroxyl groups excluding tert-OH is 1. The van der Waals surface area contributed by atoms with Crippen LogP contribution in [-0.4, -0.2) is 17.2 Å². The minimum atomic E-state index is -0.668. The van der Waals surface area contributed by atoms with Gasteiger partial charge in [0.15, 0.2) is 0 Å². The van der Waals surface area contributed by atoms with Crippen LogP contribution in [0.15, 0.2) is 42.7 Å². The molecule has 17 heavy (non-hydrogen) atoms. The van der Waals surface area contributed by atoms with Gasteiger partial charge in [0.2, 0.25) is 0 Å². The molecule has 1 aromatic heterocycles. The molecule has 1 unspecified atom stereocenters. The van der Waals surface area contributed by atoms with Crippen LogP contribution in [-0.2, 0) is 0 Å². The molecule has 0 aliphatic carbocycles. The number of methoxy groups -OCH3 is 1. The molecule has 2 rings (SSSR count). The van der Waals surface area contributed by atoms with Crippen LogP contribution in [0, 0.1) is 6.92 Å². The van der Waals surface area contributed by atoms with Crippen LogP contribution in [0.4, 0.5) is 0 Å². The van der Waals surface area contributed by atoms with Gasteiger partial charge in [-0.1, -0.05) is 12.1 Å². The van der Waals surface area contributed by atoms with Gasteiger partial charge in [0, 0.05) is 18.0 Å². The van der Waals surface area contributed by atoms with Crippen LogP contribution >= 0.6 is 0 Å². The number of aliphatic hydroxyl groups is 1. The highest BCUT2D eigenvalue weighted by molar-refractivity contribution is 5.39. The van der Waals surface area contributed by atoms with Crippen LogP contribution in [0.2, 0.25) is 0 Å². The van der Waals surface area contributed by atoms with Gasteiger partial charge in [0.05, 0.1) is 7.11 Å². The van der Waals surface area contributed by atoms with E-state index >= 15 is 0 Å². The summed E-state index contributed by atoms with van der Waals surface area (Å²) >= 11 is 0. The fourth-order valence-corrected chi connectivity index (χ4v) is 1.76. The lowest BCUT2D eigenvalue weighted by Gasteiger charge is -2.14. The third-order valence-electron chi connectivity index (χ3n) is 2.78. The molecule has 1 N–H and O–H groups in total. The highest BCUT2D eigenvalue weighted by Gasteiger charge is 2.13. The van der Waals surface area contributed by atoms with Crippen molar-refractivity contribution < 1.29 is 9.84 Å². The Morgan fingerprint density at radius 2 is 2.12 bits per heavy atom. The summed E-state index contributed by atoms with van der Waals surface area (Å²) in [5, 5.41) is 10.3. The summed E-state index contributed by atoms with van der Waals surface area (Å²) in [6.45, 7) is 1.97. The Labute approximate surface area is 101 Å². The average Bonchev–Trinajstić information content (AvgIpc) is 2.39. The molecule has 2 aromatic rings. The zero-order valence-electron chi connectivity index (χ0n) is 9.92. The van der Waals surface area contributed by atoms with Crippen molar-refractivity contribution in [1.82, 2.24) is 4.98 Å². The van der Waals surface area contributed by atoms with Gasteiger partial charge in [-0.2, -0.15) is 0 Å². The smallest absolute Gasteiger partial charge is 0.119 e. The Morgan fingerprint density at radius 1 is 1.29 bits per heavy atom. The molecule has 88 valence electrons. The van der Waals surface area contributed by atoms with E-state index in [9.17, 15) is 5.11 Å². The Balaban J connectivity index is 2.40. The number of rotatable bonds is 3. The molecule has 0 fully saturated rings. The van der Waals surface area contributed by atoms with Gasteiger partial charge in [0.25, 0.3) is 0 Å². The monoisotopic (exact) mass is 229 g/mol. The molecule has 0 aliphatic heterocycles. The summed E-state index contributed by atoms with van der Waals surface area (Å²) in [5.74, 6) is 0.744. The van der Waals surface area contributed by atoms with Crippen molar-refractivity contribution >= 4 is 0 Å². The van der Waals surface area contributed by atoms with Crippen LogP contribution in [0.3, 0.4) is 0 Å². The maximum absolute atomic E-state index is 10.3. The lowest BCUT2D eigenvalue weighted by Crippen LogP contribution is -2.02. The molecule has 0 aliphatic rings. The van der Waals surface area contributed by atoms with Crippen LogP contribution in [0.25, 0.3) is 0 Å². The first-order valence-corrected chi connectivity index (χ1v) is 5.45. The van der Waals surface area contributed by atoms with E-state index in [1.807, 2.05) is 37.3 Å². The molecule has 0 saturated heterocycles. The predicted molar refractivity (Wildman–Crippen MR) is 66.0 cm³/mol. The van der Waals surface area contributed by atoms with Gasteiger partial charge >= 0.3 is 0 Å². The minimum absolute atomic E-state index is 0.668. The first kappa shape index (κ1) is 11.6. The fraction of sp³-hybridized carbons (Fsp3) is 0.214. The summed E-state index contributed by atoms with van der Waals surface area (Å²) in [5.41, 5.74) is 2.66. The molecule has 1 aromatic carbocycles. The number of aryl methyl sites for hydroxylation is 1. The minimum Gasteiger partial charge on any atom is -0.497 e. The highest BCUT2D eigenvalue weighted by Crippen LogP contribution is 2.27. The van der Waals surface area contributed by atoms with Gasteiger partial charge < -0.3 is 9.84 Å². The van der Waals surface area contributed by atoms with Crippen LogP contribution < -0.4 is 4.74 Å². The predicted octanol–water partition coefficient (Wildman–Crippen LogP) is 2.48. The normalized spacial score (nSPS) is 12.2. The van der Waals surface area contributed by atoms with Crippen molar-refractivity contribution in [2.45, 2.75) is 13.0 Å². The Hall–Kier alpha value is -1.87. The fourth-order valence-electron chi connectivity index (χ4n) is 1.76. The van der Waals surface area contributed by atoms with Gasteiger partial charge in [-0.25, -0.2) is 0 Å². The molecular formula is C14H15NO2. The zero-order chi connectivity index (χ0) is 12.3. The number of pyridine rings is 1. The first-order valence-electron chi connectivity index (χ1n) is 5.45. The Bertz CT molecular complexity index is 497. The second-order valence-corrected chi connectivity index (χ2v) is 3.91. The maximum atomic E-state index is 10.3. The van der Waals surface area contributed by atoms with E-state index in [0.29, 0.717) is 0 Å². The molecule has 0 saturated carbocycles. The number of ether oxygens (including phenoxy) is 1. The molecule has 3 nitrogen and oxygen atoms in total. The van der Waals surface area contributed by atoms with Crippen LogP contribution in [0.1, 0.15) is 22.8 Å². The highest BCUT2D eigenvalue weighted by atomic mass is 16.5. The molecular weight excluding hydrogens is 214 g/mol. The molecule has 0 amide bonds. The maximum Gasteiger partial charge on any atom is 0.119 e. The molecule has 0 radical (unpaired) electrons. The zero-order valence-corrected chi connectivity index (χ0v) is 9.92. The van der Waals surface area contributed by atoms with E-state index in [1.165, 1.54) is 0 Å². The van der Waals surface area contributed by atoms with Crippen molar-refractivity contribution in [3.8, 4) is 5.75 Å². The summed E-state index contributed by atoms with van der Waals surface area (Å²) in [7, 11) is 1.62. The van der Waals surface area contributed by atoms with Crippen molar-refractivity contribution in [3.05, 3.63) is 59.4 Å². The van der Waals surface area contributed by atoms with E-state index in [1.54, 1.807) is 19.5 Å². The lowest BCUT2D eigenvalue weighted by molar-refractivity contribution is 0.218. The number of aromatic nitrogens is 1. The Morgan fingerprint density at radius 3 is 2.76 bits per heavy atom.